The Bertz CT molecular complexity index is 416. The molecular formula is C17H28N2O. The van der Waals surface area contributed by atoms with E-state index in [-0.39, 0.29) is 5.54 Å². The van der Waals surface area contributed by atoms with Crippen LogP contribution >= 0.6 is 0 Å². The van der Waals surface area contributed by atoms with Crippen LogP contribution in [-0.2, 0) is 4.74 Å². The first-order valence-corrected chi connectivity index (χ1v) is 7.73. The zero-order valence-electron chi connectivity index (χ0n) is 13.1. The lowest BCUT2D eigenvalue weighted by Gasteiger charge is -2.47. The van der Waals surface area contributed by atoms with E-state index in [0.717, 1.165) is 25.9 Å². The quantitative estimate of drug-likeness (QED) is 0.898. The maximum atomic E-state index is 6.17. The molecule has 20 heavy (non-hydrogen) atoms. The van der Waals surface area contributed by atoms with Gasteiger partial charge < -0.3 is 15.4 Å². The van der Waals surface area contributed by atoms with E-state index >= 15 is 0 Å². The molecule has 2 unspecified atom stereocenters. The second-order valence-electron chi connectivity index (χ2n) is 6.06. The highest BCUT2D eigenvalue weighted by atomic mass is 16.5. The van der Waals surface area contributed by atoms with Crippen LogP contribution in [0.15, 0.2) is 24.3 Å². The van der Waals surface area contributed by atoms with E-state index in [1.165, 1.54) is 17.7 Å². The van der Waals surface area contributed by atoms with Crippen LogP contribution in [0.1, 0.15) is 38.2 Å². The maximum absolute atomic E-state index is 6.17. The normalized spacial score (nSPS) is 26.5. The number of likely N-dealkylation sites (N-methyl/N-ethyl adjacent to an activating group) is 1. The minimum absolute atomic E-state index is 0.0351. The maximum Gasteiger partial charge on any atom is 0.0597 e. The molecule has 1 saturated heterocycles. The van der Waals surface area contributed by atoms with Crippen LogP contribution in [0.5, 0.6) is 0 Å². The zero-order chi connectivity index (χ0) is 14.6. The SMILES string of the molecule is CCCC1CC(CN)(N(C)c2ccc(C)cc2)CCO1. The van der Waals surface area contributed by atoms with Crippen LogP contribution in [0.25, 0.3) is 0 Å². The number of hydrogen-bond acceptors (Lipinski definition) is 3. The molecule has 1 aromatic carbocycles. The van der Waals surface area contributed by atoms with Gasteiger partial charge in [-0.1, -0.05) is 31.0 Å². The summed E-state index contributed by atoms with van der Waals surface area (Å²) in [4.78, 5) is 2.37. The first-order valence-electron chi connectivity index (χ1n) is 7.73. The molecule has 0 amide bonds. The Hall–Kier alpha value is -1.06. The largest absolute Gasteiger partial charge is 0.378 e. The molecule has 0 aromatic heterocycles. The van der Waals surface area contributed by atoms with Crippen LogP contribution in [-0.4, -0.2) is 31.8 Å². The number of ether oxygens (including phenoxy) is 1. The van der Waals surface area contributed by atoms with E-state index in [2.05, 4.69) is 50.1 Å². The first kappa shape index (κ1) is 15.3. The van der Waals surface area contributed by atoms with Crippen molar-refractivity contribution in [3.05, 3.63) is 29.8 Å². The minimum Gasteiger partial charge on any atom is -0.378 e. The standard InChI is InChI=1S/C17H28N2O/c1-4-5-16-12-17(13-18,10-11-20-16)19(3)15-8-6-14(2)7-9-15/h6-9,16H,4-5,10-13,18H2,1-3H3. The van der Waals surface area contributed by atoms with Gasteiger partial charge in [0.05, 0.1) is 11.6 Å². The van der Waals surface area contributed by atoms with Crippen molar-refractivity contribution in [2.75, 3.05) is 25.1 Å². The second-order valence-corrected chi connectivity index (χ2v) is 6.06. The monoisotopic (exact) mass is 276 g/mol. The fraction of sp³-hybridized carbons (Fsp3) is 0.647. The van der Waals surface area contributed by atoms with Crippen LogP contribution < -0.4 is 10.6 Å². The molecular weight excluding hydrogens is 248 g/mol. The summed E-state index contributed by atoms with van der Waals surface area (Å²) in [5, 5.41) is 0. The van der Waals surface area contributed by atoms with Gasteiger partial charge in [-0.2, -0.15) is 0 Å². The van der Waals surface area contributed by atoms with Gasteiger partial charge in [0, 0.05) is 25.9 Å². The van der Waals surface area contributed by atoms with E-state index in [0.29, 0.717) is 12.6 Å². The summed E-state index contributed by atoms with van der Waals surface area (Å²) < 4.78 is 5.90. The predicted octanol–water partition coefficient (Wildman–Crippen LogP) is 3.11. The van der Waals surface area contributed by atoms with Gasteiger partial charge in [-0.05, 0) is 38.3 Å². The van der Waals surface area contributed by atoms with E-state index in [1.54, 1.807) is 0 Å². The number of aryl methyl sites for hydroxylation is 1. The molecule has 1 aromatic rings. The van der Waals surface area contributed by atoms with Gasteiger partial charge >= 0.3 is 0 Å². The van der Waals surface area contributed by atoms with E-state index in [9.17, 15) is 0 Å². The smallest absolute Gasteiger partial charge is 0.0597 e. The van der Waals surface area contributed by atoms with E-state index in [1.807, 2.05) is 0 Å². The first-order chi connectivity index (χ1) is 9.61. The molecule has 1 fully saturated rings. The van der Waals surface area contributed by atoms with Crippen molar-refractivity contribution in [2.45, 2.75) is 51.2 Å². The summed E-state index contributed by atoms with van der Waals surface area (Å²) in [5.74, 6) is 0. The van der Waals surface area contributed by atoms with Crippen LogP contribution in [0.2, 0.25) is 0 Å². The second kappa shape index (κ2) is 6.59. The fourth-order valence-corrected chi connectivity index (χ4v) is 3.18. The Morgan fingerprint density at radius 3 is 2.65 bits per heavy atom. The van der Waals surface area contributed by atoms with Crippen molar-refractivity contribution in [3.8, 4) is 0 Å². The number of nitrogens with zero attached hydrogens (tertiary/aromatic N) is 1. The molecule has 0 saturated carbocycles. The van der Waals surface area contributed by atoms with Crippen molar-refractivity contribution in [3.63, 3.8) is 0 Å². The summed E-state index contributed by atoms with van der Waals surface area (Å²) in [6.45, 7) is 5.83. The third kappa shape index (κ3) is 3.15. The Morgan fingerprint density at radius 2 is 2.05 bits per heavy atom. The number of nitrogens with two attached hydrogens (primary N) is 1. The Balaban J connectivity index is 2.18. The average Bonchev–Trinajstić information content (AvgIpc) is 2.48. The lowest BCUT2D eigenvalue weighted by Crippen LogP contribution is -2.57. The number of benzene rings is 1. The summed E-state index contributed by atoms with van der Waals surface area (Å²) in [6, 6.07) is 8.71. The molecule has 2 rings (SSSR count). The molecule has 112 valence electrons. The van der Waals surface area contributed by atoms with Crippen molar-refractivity contribution < 1.29 is 4.74 Å². The molecule has 1 aliphatic rings. The van der Waals surface area contributed by atoms with E-state index < -0.39 is 0 Å². The van der Waals surface area contributed by atoms with Crippen LogP contribution in [0.3, 0.4) is 0 Å². The summed E-state index contributed by atoms with van der Waals surface area (Å²) in [6.07, 6.45) is 4.68. The Morgan fingerprint density at radius 1 is 1.35 bits per heavy atom. The Kier molecular flexibility index (Phi) is 5.06. The number of hydrogen-bond donors (Lipinski definition) is 1. The van der Waals surface area contributed by atoms with Gasteiger partial charge in [-0.15, -0.1) is 0 Å². The number of rotatable bonds is 5. The molecule has 2 N–H and O–H groups in total. The molecule has 0 spiro atoms. The van der Waals surface area contributed by atoms with Crippen molar-refractivity contribution >= 4 is 5.69 Å². The average molecular weight is 276 g/mol. The van der Waals surface area contributed by atoms with Gasteiger partial charge in [0.2, 0.25) is 0 Å². The summed E-state index contributed by atoms with van der Waals surface area (Å²) >= 11 is 0. The van der Waals surface area contributed by atoms with Crippen molar-refractivity contribution in [1.29, 1.82) is 0 Å². The van der Waals surface area contributed by atoms with Crippen LogP contribution in [0, 0.1) is 6.92 Å². The highest BCUT2D eigenvalue weighted by Gasteiger charge is 2.39. The zero-order valence-corrected chi connectivity index (χ0v) is 13.1. The molecule has 2 atom stereocenters. The fourth-order valence-electron chi connectivity index (χ4n) is 3.18. The molecule has 0 radical (unpaired) electrons. The minimum atomic E-state index is 0.0351. The molecule has 3 nitrogen and oxygen atoms in total. The van der Waals surface area contributed by atoms with Gasteiger partial charge in [-0.3, -0.25) is 0 Å². The lowest BCUT2D eigenvalue weighted by atomic mass is 9.83. The summed E-state index contributed by atoms with van der Waals surface area (Å²) in [7, 11) is 2.17. The highest BCUT2D eigenvalue weighted by molar-refractivity contribution is 5.49. The highest BCUT2D eigenvalue weighted by Crippen LogP contribution is 2.34. The molecule has 1 aliphatic heterocycles. The van der Waals surface area contributed by atoms with Gasteiger partial charge in [0.15, 0.2) is 0 Å². The van der Waals surface area contributed by atoms with Gasteiger partial charge in [0.25, 0.3) is 0 Å². The lowest BCUT2D eigenvalue weighted by molar-refractivity contribution is -0.0216. The van der Waals surface area contributed by atoms with E-state index in [4.69, 9.17) is 10.5 Å². The van der Waals surface area contributed by atoms with Gasteiger partial charge in [-0.25, -0.2) is 0 Å². The van der Waals surface area contributed by atoms with Crippen LogP contribution in [0.4, 0.5) is 5.69 Å². The number of anilines is 1. The molecule has 0 aliphatic carbocycles. The molecule has 1 heterocycles. The van der Waals surface area contributed by atoms with Gasteiger partial charge in [0.1, 0.15) is 0 Å². The topological polar surface area (TPSA) is 38.5 Å². The van der Waals surface area contributed by atoms with Crippen molar-refractivity contribution in [2.24, 2.45) is 5.73 Å². The third-order valence-corrected chi connectivity index (χ3v) is 4.65. The molecule has 3 heteroatoms. The van der Waals surface area contributed by atoms with Crippen molar-refractivity contribution in [1.82, 2.24) is 0 Å². The predicted molar refractivity (Wildman–Crippen MR) is 85.2 cm³/mol. The third-order valence-electron chi connectivity index (χ3n) is 4.65. The summed E-state index contributed by atoms with van der Waals surface area (Å²) in [5.41, 5.74) is 8.74. The molecule has 0 bridgehead atoms. The Labute approximate surface area is 123 Å².